The number of carbonyl (C=O) groups excluding carboxylic acids is 3. The Kier molecular flexibility index (Phi) is 6.22. The molecular weight excluding hydrogens is 324 g/mol. The van der Waals surface area contributed by atoms with E-state index in [4.69, 9.17) is 9.47 Å². The number of ether oxygens (including phenoxy) is 2. The van der Waals surface area contributed by atoms with E-state index in [0.29, 0.717) is 55.1 Å². The maximum absolute atomic E-state index is 12.9. The monoisotopic (exact) mass is 350 g/mol. The van der Waals surface area contributed by atoms with E-state index in [1.807, 2.05) is 0 Å². The number of piperidine rings is 1. The van der Waals surface area contributed by atoms with Crippen molar-refractivity contribution < 1.29 is 23.9 Å². The standard InChI is InChI=1S/C18H26N2O5/c1-5-24-17(22)13-7-9-20(10-8-13)16(21)14-11(3)15(19-12(14)4)18(23)25-6-2/h13,19H,5-10H2,1-4H3. The van der Waals surface area contributed by atoms with Crippen LogP contribution >= 0.6 is 0 Å². The molecule has 1 saturated heterocycles. The highest BCUT2D eigenvalue weighted by atomic mass is 16.5. The molecule has 1 aliphatic rings. The SMILES string of the molecule is CCOC(=O)c1[nH]c(C)c(C(=O)N2CCC(C(=O)OCC)CC2)c1C. The predicted octanol–water partition coefficient (Wildman–Crippen LogP) is 2.22. The Morgan fingerprint density at radius 2 is 1.68 bits per heavy atom. The number of carbonyl (C=O) groups is 3. The van der Waals surface area contributed by atoms with Crippen molar-refractivity contribution in [3.63, 3.8) is 0 Å². The van der Waals surface area contributed by atoms with E-state index in [0.717, 1.165) is 0 Å². The predicted molar refractivity (Wildman–Crippen MR) is 91.5 cm³/mol. The summed E-state index contributed by atoms with van der Waals surface area (Å²) in [5.74, 6) is -0.909. The second-order valence-corrected chi connectivity index (χ2v) is 6.16. The van der Waals surface area contributed by atoms with E-state index in [1.54, 1.807) is 32.6 Å². The lowest BCUT2D eigenvalue weighted by molar-refractivity contribution is -0.149. The van der Waals surface area contributed by atoms with Crippen molar-refractivity contribution in [1.29, 1.82) is 0 Å². The lowest BCUT2D eigenvalue weighted by atomic mass is 9.96. The van der Waals surface area contributed by atoms with Crippen LogP contribution in [0.15, 0.2) is 0 Å². The molecule has 25 heavy (non-hydrogen) atoms. The second kappa shape index (κ2) is 8.18. The average molecular weight is 350 g/mol. The van der Waals surface area contributed by atoms with Gasteiger partial charge in [-0.3, -0.25) is 9.59 Å². The smallest absolute Gasteiger partial charge is 0.355 e. The molecule has 0 atom stereocenters. The minimum atomic E-state index is -0.455. The highest BCUT2D eigenvalue weighted by molar-refractivity contribution is 6.01. The third-order valence-corrected chi connectivity index (χ3v) is 4.53. The minimum absolute atomic E-state index is 0.121. The van der Waals surface area contributed by atoms with Crippen LogP contribution in [0.5, 0.6) is 0 Å². The number of aromatic amines is 1. The van der Waals surface area contributed by atoms with E-state index in [-0.39, 0.29) is 24.4 Å². The molecule has 0 unspecified atom stereocenters. The van der Waals surface area contributed by atoms with Gasteiger partial charge in [-0.1, -0.05) is 0 Å². The van der Waals surface area contributed by atoms with Crippen LogP contribution in [-0.4, -0.2) is 54.0 Å². The van der Waals surface area contributed by atoms with Crippen LogP contribution in [0.25, 0.3) is 0 Å². The Bertz CT molecular complexity index is 657. The van der Waals surface area contributed by atoms with Crippen molar-refractivity contribution in [2.24, 2.45) is 5.92 Å². The molecular formula is C18H26N2O5. The maximum atomic E-state index is 12.9. The summed E-state index contributed by atoms with van der Waals surface area (Å²) < 4.78 is 10.1. The topological polar surface area (TPSA) is 88.7 Å². The lowest BCUT2D eigenvalue weighted by Crippen LogP contribution is -2.41. The number of aromatic nitrogens is 1. The highest BCUT2D eigenvalue weighted by Gasteiger charge is 2.31. The van der Waals surface area contributed by atoms with Gasteiger partial charge in [-0.25, -0.2) is 4.79 Å². The molecule has 2 heterocycles. The largest absolute Gasteiger partial charge is 0.466 e. The second-order valence-electron chi connectivity index (χ2n) is 6.16. The Morgan fingerprint density at radius 1 is 1.08 bits per heavy atom. The minimum Gasteiger partial charge on any atom is -0.466 e. The molecule has 0 saturated carbocycles. The molecule has 1 aromatic heterocycles. The van der Waals surface area contributed by atoms with E-state index >= 15 is 0 Å². The van der Waals surface area contributed by atoms with Gasteiger partial charge in [0.15, 0.2) is 0 Å². The Morgan fingerprint density at radius 3 is 2.24 bits per heavy atom. The van der Waals surface area contributed by atoms with Crippen LogP contribution in [0.3, 0.4) is 0 Å². The van der Waals surface area contributed by atoms with Crippen molar-refractivity contribution in [3.8, 4) is 0 Å². The number of rotatable bonds is 5. The van der Waals surface area contributed by atoms with Gasteiger partial charge in [0.2, 0.25) is 0 Å². The first-order valence-electron chi connectivity index (χ1n) is 8.72. The number of hydrogen-bond acceptors (Lipinski definition) is 5. The normalized spacial score (nSPS) is 15.1. The summed E-state index contributed by atoms with van der Waals surface area (Å²) in [6.07, 6.45) is 1.19. The lowest BCUT2D eigenvalue weighted by Gasteiger charge is -2.31. The van der Waals surface area contributed by atoms with Gasteiger partial charge in [-0.2, -0.15) is 0 Å². The number of amides is 1. The average Bonchev–Trinajstić information content (AvgIpc) is 2.89. The number of nitrogens with one attached hydrogen (secondary N) is 1. The van der Waals surface area contributed by atoms with Gasteiger partial charge >= 0.3 is 11.9 Å². The van der Waals surface area contributed by atoms with E-state index in [1.165, 1.54) is 0 Å². The maximum Gasteiger partial charge on any atom is 0.355 e. The number of hydrogen-bond donors (Lipinski definition) is 1. The summed E-state index contributed by atoms with van der Waals surface area (Å²) in [5, 5.41) is 0. The van der Waals surface area contributed by atoms with Crippen LogP contribution in [0, 0.1) is 19.8 Å². The van der Waals surface area contributed by atoms with E-state index in [2.05, 4.69) is 4.98 Å². The summed E-state index contributed by atoms with van der Waals surface area (Å²) >= 11 is 0. The summed E-state index contributed by atoms with van der Waals surface area (Å²) in [4.78, 5) is 41.4. The molecule has 2 rings (SSSR count). The Balaban J connectivity index is 2.09. The number of esters is 2. The molecule has 138 valence electrons. The third-order valence-electron chi connectivity index (χ3n) is 4.53. The Labute approximate surface area is 147 Å². The highest BCUT2D eigenvalue weighted by Crippen LogP contribution is 2.24. The summed E-state index contributed by atoms with van der Waals surface area (Å²) in [5.41, 5.74) is 2.09. The zero-order valence-electron chi connectivity index (χ0n) is 15.3. The van der Waals surface area contributed by atoms with Gasteiger partial charge in [0, 0.05) is 18.8 Å². The van der Waals surface area contributed by atoms with Crippen molar-refractivity contribution in [3.05, 3.63) is 22.5 Å². The van der Waals surface area contributed by atoms with E-state index in [9.17, 15) is 14.4 Å². The molecule has 1 aromatic rings. The van der Waals surface area contributed by atoms with Gasteiger partial charge in [-0.15, -0.1) is 0 Å². The molecule has 1 fully saturated rings. The number of H-pyrrole nitrogens is 1. The first-order valence-corrected chi connectivity index (χ1v) is 8.72. The fourth-order valence-electron chi connectivity index (χ4n) is 3.21. The van der Waals surface area contributed by atoms with Gasteiger partial charge in [0.1, 0.15) is 5.69 Å². The molecule has 1 amide bonds. The molecule has 0 aliphatic carbocycles. The number of nitrogens with zero attached hydrogens (tertiary/aromatic N) is 1. The van der Waals surface area contributed by atoms with Gasteiger partial charge in [0.25, 0.3) is 5.91 Å². The molecule has 7 nitrogen and oxygen atoms in total. The van der Waals surface area contributed by atoms with Crippen molar-refractivity contribution in [2.75, 3.05) is 26.3 Å². The van der Waals surface area contributed by atoms with E-state index < -0.39 is 5.97 Å². The fourth-order valence-corrected chi connectivity index (χ4v) is 3.21. The number of aryl methyl sites for hydroxylation is 1. The number of likely N-dealkylation sites (tertiary alicyclic amines) is 1. The van der Waals surface area contributed by atoms with Crippen LogP contribution in [0.2, 0.25) is 0 Å². The molecule has 1 aliphatic heterocycles. The molecule has 0 radical (unpaired) electrons. The molecule has 0 spiro atoms. The first-order chi connectivity index (χ1) is 11.9. The van der Waals surface area contributed by atoms with Gasteiger partial charge in [-0.05, 0) is 46.1 Å². The molecule has 0 aromatic carbocycles. The molecule has 1 N–H and O–H groups in total. The molecule has 0 bridgehead atoms. The van der Waals surface area contributed by atoms with Crippen molar-refractivity contribution >= 4 is 17.8 Å². The molecule has 7 heteroatoms. The summed E-state index contributed by atoms with van der Waals surface area (Å²) in [6, 6.07) is 0. The van der Waals surface area contributed by atoms with Gasteiger partial charge in [0.05, 0.1) is 24.7 Å². The fraction of sp³-hybridized carbons (Fsp3) is 0.611. The zero-order chi connectivity index (χ0) is 18.6. The van der Waals surface area contributed by atoms with Crippen molar-refractivity contribution in [1.82, 2.24) is 9.88 Å². The zero-order valence-corrected chi connectivity index (χ0v) is 15.3. The Hall–Kier alpha value is -2.31. The van der Waals surface area contributed by atoms with Gasteiger partial charge < -0.3 is 19.4 Å². The van der Waals surface area contributed by atoms with Crippen LogP contribution in [-0.2, 0) is 14.3 Å². The summed E-state index contributed by atoms with van der Waals surface area (Å²) in [7, 11) is 0. The van der Waals surface area contributed by atoms with Crippen LogP contribution in [0.4, 0.5) is 0 Å². The van der Waals surface area contributed by atoms with Crippen molar-refractivity contribution in [2.45, 2.75) is 40.5 Å². The third kappa shape index (κ3) is 4.03. The summed E-state index contributed by atoms with van der Waals surface area (Å²) in [6.45, 7) is 8.69. The first kappa shape index (κ1) is 19.0. The quantitative estimate of drug-likeness (QED) is 0.823. The van der Waals surface area contributed by atoms with Crippen LogP contribution in [0.1, 0.15) is 58.8 Å². The van der Waals surface area contributed by atoms with Crippen LogP contribution < -0.4 is 0 Å².